The van der Waals surface area contributed by atoms with Crippen molar-refractivity contribution >= 4 is 16.0 Å². The van der Waals surface area contributed by atoms with Gasteiger partial charge in [0.2, 0.25) is 10.0 Å². The van der Waals surface area contributed by atoms with Gasteiger partial charge in [0.15, 0.2) is 0 Å². The van der Waals surface area contributed by atoms with Crippen molar-refractivity contribution in [3.05, 3.63) is 29.6 Å². The number of benzene rings is 1. The summed E-state index contributed by atoms with van der Waals surface area (Å²) >= 11 is 0. The first-order valence-corrected chi connectivity index (χ1v) is 6.36. The zero-order valence-electron chi connectivity index (χ0n) is 9.37. The van der Waals surface area contributed by atoms with E-state index >= 15 is 0 Å². The molecule has 1 atom stereocenters. The van der Waals surface area contributed by atoms with Gasteiger partial charge < -0.3 is 10.2 Å². The highest BCUT2D eigenvalue weighted by Gasteiger charge is 2.27. The number of rotatable bonds is 5. The molecule has 0 aliphatic heterocycles. The van der Waals surface area contributed by atoms with E-state index in [4.69, 9.17) is 15.5 Å². The van der Waals surface area contributed by atoms with E-state index in [1.54, 1.807) is 4.72 Å². The zero-order valence-corrected chi connectivity index (χ0v) is 10.2. The first kappa shape index (κ1) is 15.0. The molecule has 0 aliphatic carbocycles. The maximum Gasteiger partial charge on any atom is 0.324 e. The third-order valence-electron chi connectivity index (χ3n) is 2.15. The number of carboxylic acids is 1. The fraction of sp³-hybridized carbons (Fsp3) is 0.200. The molecule has 0 fully saturated rings. The number of hydrogen-bond donors (Lipinski definition) is 3. The molecular formula is C10H9FN2O5S. The number of sulfonamides is 1. The van der Waals surface area contributed by atoms with Gasteiger partial charge >= 0.3 is 5.97 Å². The number of halogens is 1. The number of aliphatic carboxylic acids is 1. The highest BCUT2D eigenvalue weighted by Crippen LogP contribution is 2.18. The average molecular weight is 288 g/mol. The summed E-state index contributed by atoms with van der Waals surface area (Å²) in [7, 11) is -4.44. The fourth-order valence-corrected chi connectivity index (χ4v) is 2.60. The summed E-state index contributed by atoms with van der Waals surface area (Å²) in [6, 6.07) is 2.54. The minimum absolute atomic E-state index is 0.685. The van der Waals surface area contributed by atoms with Crippen molar-refractivity contribution in [3.8, 4) is 6.07 Å². The van der Waals surface area contributed by atoms with E-state index in [-0.39, 0.29) is 0 Å². The number of nitrogens with zero attached hydrogens (tertiary/aromatic N) is 1. The van der Waals surface area contributed by atoms with Crippen molar-refractivity contribution in [2.75, 3.05) is 6.61 Å². The van der Waals surface area contributed by atoms with Crippen molar-refractivity contribution < 1.29 is 27.8 Å². The van der Waals surface area contributed by atoms with Crippen LogP contribution in [0.25, 0.3) is 0 Å². The summed E-state index contributed by atoms with van der Waals surface area (Å²) in [6.07, 6.45) is 0. The summed E-state index contributed by atoms with van der Waals surface area (Å²) in [5.41, 5.74) is -0.725. The van der Waals surface area contributed by atoms with E-state index in [1.165, 1.54) is 6.07 Å². The summed E-state index contributed by atoms with van der Waals surface area (Å²) in [4.78, 5) is 9.95. The lowest BCUT2D eigenvalue weighted by atomic mass is 10.2. The molecule has 9 heteroatoms. The zero-order chi connectivity index (χ0) is 14.6. The van der Waals surface area contributed by atoms with E-state index in [9.17, 15) is 17.6 Å². The summed E-state index contributed by atoms with van der Waals surface area (Å²) in [5, 5.41) is 26.1. The van der Waals surface area contributed by atoms with Gasteiger partial charge in [-0.2, -0.15) is 9.98 Å². The van der Waals surface area contributed by atoms with Crippen LogP contribution >= 0.6 is 0 Å². The van der Waals surface area contributed by atoms with Gasteiger partial charge in [0.05, 0.1) is 6.61 Å². The Hall–Kier alpha value is -2.02. The molecular weight excluding hydrogens is 279 g/mol. The lowest BCUT2D eigenvalue weighted by Crippen LogP contribution is -2.43. The van der Waals surface area contributed by atoms with Gasteiger partial charge in [-0.3, -0.25) is 4.79 Å². The Labute approximate surface area is 108 Å². The second kappa shape index (κ2) is 5.75. The molecule has 1 aromatic rings. The first-order valence-electron chi connectivity index (χ1n) is 4.88. The Morgan fingerprint density at radius 3 is 2.63 bits per heavy atom. The smallest absolute Gasteiger partial charge is 0.324 e. The van der Waals surface area contributed by atoms with Crippen LogP contribution in [0.15, 0.2) is 23.1 Å². The van der Waals surface area contributed by atoms with E-state index in [0.29, 0.717) is 0 Å². The molecule has 0 bridgehead atoms. The van der Waals surface area contributed by atoms with Gasteiger partial charge in [-0.1, -0.05) is 6.07 Å². The van der Waals surface area contributed by atoms with E-state index in [1.807, 2.05) is 0 Å². The average Bonchev–Trinajstić information content (AvgIpc) is 2.35. The number of hydrogen-bond acceptors (Lipinski definition) is 5. The van der Waals surface area contributed by atoms with Crippen LogP contribution in [0, 0.1) is 17.1 Å². The Kier molecular flexibility index (Phi) is 4.55. The molecule has 1 unspecified atom stereocenters. The largest absolute Gasteiger partial charge is 0.480 e. The molecule has 0 saturated heterocycles. The quantitative estimate of drug-likeness (QED) is 0.665. The van der Waals surface area contributed by atoms with Crippen LogP contribution in [0.4, 0.5) is 4.39 Å². The van der Waals surface area contributed by atoms with Crippen LogP contribution in [0.1, 0.15) is 5.56 Å². The van der Waals surface area contributed by atoms with Gasteiger partial charge in [-0.15, -0.1) is 0 Å². The monoisotopic (exact) mass is 288 g/mol. The maximum absolute atomic E-state index is 13.3. The molecule has 102 valence electrons. The number of nitriles is 1. The van der Waals surface area contributed by atoms with E-state index in [0.717, 1.165) is 18.2 Å². The lowest BCUT2D eigenvalue weighted by molar-refractivity contribution is -0.139. The third-order valence-corrected chi connectivity index (χ3v) is 3.67. The van der Waals surface area contributed by atoms with Gasteiger partial charge in [-0.05, 0) is 12.1 Å². The standard InChI is InChI=1S/C10H9FN2O5S/c11-7-2-1-3-9(6(7)4-12)19(17,18)13-8(5-14)10(15)16/h1-3,8,13-14H,5H2,(H,15,16). The lowest BCUT2D eigenvalue weighted by Gasteiger charge is -2.13. The van der Waals surface area contributed by atoms with Crippen LogP contribution in [0.3, 0.4) is 0 Å². The second-order valence-electron chi connectivity index (χ2n) is 3.42. The van der Waals surface area contributed by atoms with Crippen molar-refractivity contribution in [2.45, 2.75) is 10.9 Å². The van der Waals surface area contributed by atoms with Gasteiger partial charge in [-0.25, -0.2) is 12.8 Å². The summed E-state index contributed by atoms with van der Waals surface area (Å²) in [5.74, 6) is -2.64. The number of carboxylic acid groups (broad SMARTS) is 1. The highest BCUT2D eigenvalue weighted by molar-refractivity contribution is 7.89. The number of aliphatic hydroxyl groups excluding tert-OH is 1. The molecule has 19 heavy (non-hydrogen) atoms. The second-order valence-corrected chi connectivity index (χ2v) is 5.10. The van der Waals surface area contributed by atoms with Gasteiger partial charge in [0, 0.05) is 0 Å². The minimum atomic E-state index is -4.44. The van der Waals surface area contributed by atoms with Crippen molar-refractivity contribution in [1.82, 2.24) is 4.72 Å². The van der Waals surface area contributed by atoms with Crippen LogP contribution < -0.4 is 4.72 Å². The van der Waals surface area contributed by atoms with Crippen molar-refractivity contribution in [2.24, 2.45) is 0 Å². The molecule has 1 rings (SSSR count). The third kappa shape index (κ3) is 3.25. The Morgan fingerprint density at radius 2 is 2.16 bits per heavy atom. The van der Waals surface area contributed by atoms with Crippen molar-refractivity contribution in [1.29, 1.82) is 5.26 Å². The normalized spacial score (nSPS) is 12.7. The molecule has 0 saturated carbocycles. The molecule has 0 aliphatic rings. The van der Waals surface area contributed by atoms with Crippen LogP contribution in [0.2, 0.25) is 0 Å². The number of nitrogens with one attached hydrogen (secondary N) is 1. The topological polar surface area (TPSA) is 127 Å². The maximum atomic E-state index is 13.3. The van der Waals surface area contributed by atoms with E-state index < -0.39 is 44.9 Å². The molecule has 0 heterocycles. The van der Waals surface area contributed by atoms with Crippen LogP contribution in [-0.4, -0.2) is 37.2 Å². The number of aliphatic hydroxyl groups is 1. The summed E-state index contributed by atoms with van der Waals surface area (Å²) in [6.45, 7) is -0.980. The first-order chi connectivity index (χ1) is 8.83. The fourth-order valence-electron chi connectivity index (χ4n) is 1.25. The van der Waals surface area contributed by atoms with E-state index in [2.05, 4.69) is 0 Å². The SMILES string of the molecule is N#Cc1c(F)cccc1S(=O)(=O)NC(CO)C(=O)O. The number of carbonyl (C=O) groups is 1. The Bertz CT molecular complexity index is 638. The highest BCUT2D eigenvalue weighted by atomic mass is 32.2. The van der Waals surface area contributed by atoms with Gasteiger partial charge in [0.25, 0.3) is 0 Å². The molecule has 7 nitrogen and oxygen atoms in total. The molecule has 0 amide bonds. The molecule has 1 aromatic carbocycles. The Balaban J connectivity index is 3.26. The van der Waals surface area contributed by atoms with Crippen LogP contribution in [-0.2, 0) is 14.8 Å². The molecule has 0 radical (unpaired) electrons. The van der Waals surface area contributed by atoms with Gasteiger partial charge in [0.1, 0.15) is 28.4 Å². The van der Waals surface area contributed by atoms with Crippen LogP contribution in [0.5, 0.6) is 0 Å². The van der Waals surface area contributed by atoms with Crippen molar-refractivity contribution in [3.63, 3.8) is 0 Å². The Morgan fingerprint density at radius 1 is 1.53 bits per heavy atom. The predicted octanol–water partition coefficient (Wildman–Crippen LogP) is -0.579. The molecule has 0 aromatic heterocycles. The summed E-state index contributed by atoms with van der Waals surface area (Å²) < 4.78 is 38.6. The predicted molar refractivity (Wildman–Crippen MR) is 59.9 cm³/mol. The minimum Gasteiger partial charge on any atom is -0.480 e. The molecule has 3 N–H and O–H groups in total. The molecule has 0 spiro atoms.